The molecule has 0 aliphatic carbocycles. The number of nitrogens with one attached hydrogen (secondary N) is 1. The molecule has 0 spiro atoms. The van der Waals surface area contributed by atoms with Gasteiger partial charge in [-0.1, -0.05) is 42.5 Å². The van der Waals surface area contributed by atoms with Crippen LogP contribution in [0.4, 0.5) is 0 Å². The van der Waals surface area contributed by atoms with Crippen molar-refractivity contribution in [3.63, 3.8) is 0 Å². The molecule has 0 amide bonds. The lowest BCUT2D eigenvalue weighted by Crippen LogP contribution is -2.45. The monoisotopic (exact) mass is 527 g/mol. The molecule has 0 unspecified atom stereocenters. The molecule has 2 aromatic rings. The number of nitrogens with zero attached hydrogens (tertiary/aromatic N) is 2. The van der Waals surface area contributed by atoms with Gasteiger partial charge in [-0.25, -0.2) is 8.42 Å². The highest BCUT2D eigenvalue weighted by Crippen LogP contribution is 2.21. The second kappa shape index (κ2) is 11.0. The zero-order chi connectivity index (χ0) is 20.0. The first-order chi connectivity index (χ1) is 13.5. The topological polar surface area (TPSA) is 61.8 Å². The number of hydrogen-bond acceptors (Lipinski definition) is 3. The summed E-state index contributed by atoms with van der Waals surface area (Å²) in [5.41, 5.74) is 2.45. The van der Waals surface area contributed by atoms with E-state index in [9.17, 15) is 8.42 Å². The van der Waals surface area contributed by atoms with Gasteiger partial charge in [-0.05, 0) is 48.4 Å². The minimum absolute atomic E-state index is 0. The minimum atomic E-state index is -3.15. The molecule has 3 rings (SSSR count). The molecular weight excluding hydrogens is 497 g/mol. The first-order valence-electron chi connectivity index (χ1n) is 9.74. The molecule has 2 aromatic carbocycles. The summed E-state index contributed by atoms with van der Waals surface area (Å²) in [7, 11) is -1.34. The van der Waals surface area contributed by atoms with Crippen molar-refractivity contribution < 1.29 is 8.42 Å². The highest BCUT2D eigenvalue weighted by atomic mass is 127. The van der Waals surface area contributed by atoms with Gasteiger partial charge in [-0.15, -0.1) is 24.0 Å². The van der Waals surface area contributed by atoms with Crippen LogP contribution < -0.4 is 5.32 Å². The van der Waals surface area contributed by atoms with Crippen LogP contribution in [0.15, 0.2) is 64.5 Å². The van der Waals surface area contributed by atoms with Crippen LogP contribution in [0.25, 0.3) is 0 Å². The Hall–Kier alpha value is -1.61. The van der Waals surface area contributed by atoms with E-state index in [2.05, 4.69) is 45.5 Å². The molecule has 1 heterocycles. The number of sulfone groups is 1. The third-order valence-electron chi connectivity index (χ3n) is 5.30. The van der Waals surface area contributed by atoms with Crippen LogP contribution in [0.5, 0.6) is 0 Å². The number of piperidine rings is 1. The number of halogens is 1. The average molecular weight is 527 g/mol. The molecule has 0 bridgehead atoms. The highest BCUT2D eigenvalue weighted by Gasteiger charge is 2.21. The fourth-order valence-electron chi connectivity index (χ4n) is 3.66. The summed E-state index contributed by atoms with van der Waals surface area (Å²) in [5, 5.41) is 3.40. The molecule has 5 nitrogen and oxygen atoms in total. The third kappa shape index (κ3) is 6.99. The van der Waals surface area contributed by atoms with E-state index in [1.807, 2.05) is 19.2 Å². The van der Waals surface area contributed by atoms with Gasteiger partial charge in [-0.3, -0.25) is 4.99 Å². The predicted octanol–water partition coefficient (Wildman–Crippen LogP) is 3.74. The van der Waals surface area contributed by atoms with Crippen molar-refractivity contribution in [2.45, 2.75) is 30.7 Å². The maximum absolute atomic E-state index is 11.6. The molecule has 7 heteroatoms. The number of aliphatic imine (C=N–C) groups is 1. The van der Waals surface area contributed by atoms with E-state index in [1.165, 1.54) is 24.7 Å². The van der Waals surface area contributed by atoms with Crippen LogP contribution in [0.3, 0.4) is 0 Å². The second-order valence-corrected chi connectivity index (χ2v) is 9.45. The van der Waals surface area contributed by atoms with Crippen LogP contribution in [-0.2, 0) is 22.8 Å². The summed E-state index contributed by atoms with van der Waals surface area (Å²) in [6.45, 7) is 2.63. The zero-order valence-electron chi connectivity index (χ0n) is 17.0. The van der Waals surface area contributed by atoms with Gasteiger partial charge >= 0.3 is 0 Å². The average Bonchev–Trinajstić information content (AvgIpc) is 2.70. The molecule has 158 valence electrons. The standard InChI is InChI=1S/C22H29N3O2S.HI/c1-23-22(24-17-20-8-10-21(11-9-20)28(2,26)27)25-14-12-19(13-15-25)16-18-6-4-3-5-7-18;/h3-11,19H,12-17H2,1-2H3,(H,23,24);1H. The molecule has 0 atom stereocenters. The Morgan fingerprint density at radius 3 is 2.21 bits per heavy atom. The van der Waals surface area contributed by atoms with Gasteiger partial charge in [0.05, 0.1) is 4.90 Å². The van der Waals surface area contributed by atoms with Gasteiger partial charge in [0.25, 0.3) is 0 Å². The Kier molecular flexibility index (Phi) is 8.95. The summed E-state index contributed by atoms with van der Waals surface area (Å²) < 4.78 is 23.1. The van der Waals surface area contributed by atoms with E-state index >= 15 is 0 Å². The SMILES string of the molecule is CN=C(NCc1ccc(S(C)(=O)=O)cc1)N1CCC(Cc2ccccc2)CC1.I. The van der Waals surface area contributed by atoms with E-state index in [4.69, 9.17) is 0 Å². The summed E-state index contributed by atoms with van der Waals surface area (Å²) in [4.78, 5) is 7.09. The Bertz CT molecular complexity index is 891. The third-order valence-corrected chi connectivity index (χ3v) is 6.42. The summed E-state index contributed by atoms with van der Waals surface area (Å²) in [5.74, 6) is 1.63. The van der Waals surface area contributed by atoms with Gasteiger partial charge < -0.3 is 10.2 Å². The predicted molar refractivity (Wildman–Crippen MR) is 130 cm³/mol. The maximum atomic E-state index is 11.6. The fourth-order valence-corrected chi connectivity index (χ4v) is 4.29. The summed E-state index contributed by atoms with van der Waals surface area (Å²) in [6, 6.07) is 17.7. The Morgan fingerprint density at radius 2 is 1.66 bits per heavy atom. The van der Waals surface area contributed by atoms with Crippen LogP contribution in [-0.4, -0.2) is 45.7 Å². The smallest absolute Gasteiger partial charge is 0.193 e. The normalized spacial score (nSPS) is 15.7. The molecule has 1 fully saturated rings. The lowest BCUT2D eigenvalue weighted by atomic mass is 9.90. The van der Waals surface area contributed by atoms with Crippen LogP contribution in [0, 0.1) is 5.92 Å². The van der Waals surface area contributed by atoms with E-state index in [0.717, 1.165) is 37.0 Å². The molecule has 29 heavy (non-hydrogen) atoms. The van der Waals surface area contributed by atoms with Crippen molar-refractivity contribution in [3.05, 3.63) is 65.7 Å². The number of likely N-dealkylation sites (tertiary alicyclic amines) is 1. The quantitative estimate of drug-likeness (QED) is 0.366. The van der Waals surface area contributed by atoms with Gasteiger partial charge in [-0.2, -0.15) is 0 Å². The molecule has 0 saturated carbocycles. The fraction of sp³-hybridized carbons (Fsp3) is 0.409. The van der Waals surface area contributed by atoms with E-state index < -0.39 is 9.84 Å². The molecule has 1 N–H and O–H groups in total. The van der Waals surface area contributed by atoms with Crippen LogP contribution in [0.1, 0.15) is 24.0 Å². The summed E-state index contributed by atoms with van der Waals surface area (Å²) in [6.07, 6.45) is 4.70. The molecular formula is C22H30IN3O2S. The molecule has 0 radical (unpaired) electrons. The Labute approximate surface area is 191 Å². The second-order valence-electron chi connectivity index (χ2n) is 7.44. The highest BCUT2D eigenvalue weighted by molar-refractivity contribution is 14.0. The lowest BCUT2D eigenvalue weighted by molar-refractivity contribution is 0.259. The van der Waals surface area contributed by atoms with E-state index in [0.29, 0.717) is 11.4 Å². The van der Waals surface area contributed by atoms with Crippen molar-refractivity contribution in [3.8, 4) is 0 Å². The van der Waals surface area contributed by atoms with Gasteiger partial charge in [0.2, 0.25) is 0 Å². The summed E-state index contributed by atoms with van der Waals surface area (Å²) >= 11 is 0. The molecule has 0 aromatic heterocycles. The Morgan fingerprint density at radius 1 is 1.03 bits per heavy atom. The number of benzene rings is 2. The van der Waals surface area contributed by atoms with Crippen molar-refractivity contribution in [2.24, 2.45) is 10.9 Å². The van der Waals surface area contributed by atoms with E-state index in [1.54, 1.807) is 12.1 Å². The number of rotatable bonds is 5. The largest absolute Gasteiger partial charge is 0.352 e. The lowest BCUT2D eigenvalue weighted by Gasteiger charge is -2.34. The first kappa shape index (κ1) is 23.7. The van der Waals surface area contributed by atoms with Gasteiger partial charge in [0.15, 0.2) is 15.8 Å². The van der Waals surface area contributed by atoms with Gasteiger partial charge in [0.1, 0.15) is 0 Å². The van der Waals surface area contributed by atoms with Crippen LogP contribution in [0.2, 0.25) is 0 Å². The van der Waals surface area contributed by atoms with Crippen LogP contribution >= 0.6 is 24.0 Å². The molecule has 1 saturated heterocycles. The van der Waals surface area contributed by atoms with Gasteiger partial charge in [0, 0.05) is 32.9 Å². The van der Waals surface area contributed by atoms with Crippen molar-refractivity contribution in [2.75, 3.05) is 26.4 Å². The molecule has 1 aliphatic heterocycles. The first-order valence-corrected chi connectivity index (χ1v) is 11.6. The molecule has 1 aliphatic rings. The zero-order valence-corrected chi connectivity index (χ0v) is 20.2. The van der Waals surface area contributed by atoms with Crippen molar-refractivity contribution in [1.29, 1.82) is 0 Å². The van der Waals surface area contributed by atoms with E-state index in [-0.39, 0.29) is 24.0 Å². The van der Waals surface area contributed by atoms with Crippen molar-refractivity contribution >= 4 is 39.8 Å². The number of guanidine groups is 1. The maximum Gasteiger partial charge on any atom is 0.193 e. The van der Waals surface area contributed by atoms with Crippen molar-refractivity contribution in [1.82, 2.24) is 10.2 Å². The number of hydrogen-bond donors (Lipinski definition) is 1. The Balaban J connectivity index is 0.00000300. The minimum Gasteiger partial charge on any atom is -0.352 e.